The van der Waals surface area contributed by atoms with Crippen LogP contribution in [0.25, 0.3) is 0 Å². The van der Waals surface area contributed by atoms with Crippen molar-refractivity contribution in [2.24, 2.45) is 0 Å². The molecule has 1 fully saturated rings. The van der Waals surface area contributed by atoms with E-state index in [1.165, 1.54) is 17.0 Å². The number of carbonyl (C=O) groups excluding carboxylic acids is 4. The van der Waals surface area contributed by atoms with E-state index in [1.54, 1.807) is 19.1 Å². The maximum Gasteiger partial charge on any atom is 0.472 e. The number of piperazine rings is 1. The normalized spacial score (nSPS) is 15.1. The standard InChI is InChI=1S/C17H23BN4O7/c1-2-21-7-8-22(16(26)15(21)25)17(27)20-13(14(24)19-10-18(28)29)9-11-3-5-12(23)6-4-11/h3-6,13,23,28-29H,2,7-10H2,1H3,(H,19,24)(H,20,27)/t13-/m0/s1. The first-order valence-corrected chi connectivity index (χ1v) is 9.06. The van der Waals surface area contributed by atoms with E-state index in [4.69, 9.17) is 10.0 Å². The molecule has 1 saturated heterocycles. The first-order valence-electron chi connectivity index (χ1n) is 9.06. The Bertz CT molecular complexity index is 772. The van der Waals surface area contributed by atoms with Crippen LogP contribution in [0.2, 0.25) is 0 Å². The molecular weight excluding hydrogens is 383 g/mol. The van der Waals surface area contributed by atoms with Crippen molar-refractivity contribution in [1.29, 1.82) is 0 Å². The molecule has 0 radical (unpaired) electrons. The Hall–Kier alpha value is -3.12. The quantitative estimate of drug-likeness (QED) is 0.255. The van der Waals surface area contributed by atoms with Crippen LogP contribution in [0.15, 0.2) is 24.3 Å². The molecule has 1 aromatic carbocycles. The summed E-state index contributed by atoms with van der Waals surface area (Å²) in [5, 5.41) is 31.9. The number of urea groups is 1. The molecule has 156 valence electrons. The average Bonchev–Trinajstić information content (AvgIpc) is 2.69. The molecule has 2 rings (SSSR count). The molecule has 1 heterocycles. The van der Waals surface area contributed by atoms with Gasteiger partial charge in [0, 0.05) is 26.1 Å². The van der Waals surface area contributed by atoms with Crippen LogP contribution in [0.3, 0.4) is 0 Å². The third-order valence-electron chi connectivity index (χ3n) is 4.38. The molecule has 0 saturated carbocycles. The van der Waals surface area contributed by atoms with Crippen molar-refractivity contribution in [2.45, 2.75) is 19.4 Å². The van der Waals surface area contributed by atoms with Gasteiger partial charge >= 0.3 is 25.0 Å². The fourth-order valence-corrected chi connectivity index (χ4v) is 2.79. The van der Waals surface area contributed by atoms with Crippen molar-refractivity contribution >= 4 is 30.9 Å². The zero-order chi connectivity index (χ0) is 21.6. The molecule has 29 heavy (non-hydrogen) atoms. The number of nitrogens with zero attached hydrogens (tertiary/aromatic N) is 2. The van der Waals surface area contributed by atoms with Gasteiger partial charge < -0.3 is 30.7 Å². The summed E-state index contributed by atoms with van der Waals surface area (Å²) in [6.45, 7) is 2.25. The van der Waals surface area contributed by atoms with Crippen LogP contribution in [0.1, 0.15) is 12.5 Å². The Labute approximate surface area is 167 Å². The van der Waals surface area contributed by atoms with Gasteiger partial charge in [-0.05, 0) is 24.6 Å². The predicted octanol–water partition coefficient (Wildman–Crippen LogP) is -2.17. The molecular formula is C17H23BN4O7. The number of carbonyl (C=O) groups is 4. The molecule has 5 N–H and O–H groups in total. The summed E-state index contributed by atoms with van der Waals surface area (Å²) in [6.07, 6.45) is -0.441. The van der Waals surface area contributed by atoms with Crippen molar-refractivity contribution in [1.82, 2.24) is 20.4 Å². The van der Waals surface area contributed by atoms with Crippen LogP contribution in [0.5, 0.6) is 5.75 Å². The zero-order valence-electron chi connectivity index (χ0n) is 15.9. The van der Waals surface area contributed by atoms with Gasteiger partial charge in [0.25, 0.3) is 0 Å². The van der Waals surface area contributed by atoms with Crippen LogP contribution in [-0.2, 0) is 20.8 Å². The lowest BCUT2D eigenvalue weighted by Crippen LogP contribution is -2.60. The Kier molecular flexibility index (Phi) is 7.56. The number of benzene rings is 1. The molecule has 0 unspecified atom stereocenters. The average molecular weight is 406 g/mol. The molecule has 0 aliphatic carbocycles. The van der Waals surface area contributed by atoms with Gasteiger partial charge in [-0.1, -0.05) is 12.1 Å². The number of likely N-dealkylation sites (N-methyl/N-ethyl adjacent to an activating group) is 1. The molecule has 5 amide bonds. The van der Waals surface area contributed by atoms with E-state index in [-0.39, 0.29) is 25.3 Å². The maximum atomic E-state index is 12.6. The number of amides is 5. The van der Waals surface area contributed by atoms with Crippen molar-refractivity contribution in [3.63, 3.8) is 0 Å². The third-order valence-corrected chi connectivity index (χ3v) is 4.38. The number of rotatable bonds is 7. The van der Waals surface area contributed by atoms with Crippen LogP contribution in [-0.4, -0.2) is 87.9 Å². The van der Waals surface area contributed by atoms with E-state index in [1.807, 2.05) is 0 Å². The lowest BCUT2D eigenvalue weighted by Gasteiger charge is -2.32. The van der Waals surface area contributed by atoms with Crippen molar-refractivity contribution < 1.29 is 34.3 Å². The second kappa shape index (κ2) is 9.89. The van der Waals surface area contributed by atoms with Crippen molar-refractivity contribution in [2.75, 3.05) is 26.1 Å². The highest BCUT2D eigenvalue weighted by molar-refractivity contribution is 6.41. The zero-order valence-corrected chi connectivity index (χ0v) is 15.9. The summed E-state index contributed by atoms with van der Waals surface area (Å²) < 4.78 is 0. The summed E-state index contributed by atoms with van der Waals surface area (Å²) in [5.41, 5.74) is 0.603. The van der Waals surface area contributed by atoms with Crippen LogP contribution in [0, 0.1) is 0 Å². The minimum atomic E-state index is -1.77. The SMILES string of the molecule is CCN1CCN(C(=O)N[C@@H](Cc2ccc(O)cc2)C(=O)NCB(O)O)C(=O)C1=O. The number of nitrogens with one attached hydrogen (secondary N) is 2. The van der Waals surface area contributed by atoms with Crippen LogP contribution < -0.4 is 10.6 Å². The van der Waals surface area contributed by atoms with E-state index in [0.29, 0.717) is 12.1 Å². The van der Waals surface area contributed by atoms with Gasteiger partial charge in [-0.25, -0.2) is 4.79 Å². The highest BCUT2D eigenvalue weighted by atomic mass is 16.4. The Morgan fingerprint density at radius 2 is 1.79 bits per heavy atom. The van der Waals surface area contributed by atoms with Gasteiger partial charge in [-0.15, -0.1) is 0 Å². The largest absolute Gasteiger partial charge is 0.508 e. The Balaban J connectivity index is 2.12. The molecule has 1 aromatic rings. The first kappa shape index (κ1) is 22.2. The van der Waals surface area contributed by atoms with Gasteiger partial charge in [0.15, 0.2) is 0 Å². The Morgan fingerprint density at radius 1 is 1.14 bits per heavy atom. The monoisotopic (exact) mass is 406 g/mol. The van der Waals surface area contributed by atoms with Crippen molar-refractivity contribution in [3.05, 3.63) is 29.8 Å². The molecule has 0 spiro atoms. The van der Waals surface area contributed by atoms with E-state index >= 15 is 0 Å². The lowest BCUT2D eigenvalue weighted by atomic mass is 9.92. The maximum absolute atomic E-state index is 12.6. The minimum Gasteiger partial charge on any atom is -0.508 e. The van der Waals surface area contributed by atoms with Gasteiger partial charge in [0.2, 0.25) is 5.91 Å². The second-order valence-electron chi connectivity index (χ2n) is 6.44. The molecule has 1 aliphatic heterocycles. The number of phenols is 1. The molecule has 0 bridgehead atoms. The van der Waals surface area contributed by atoms with E-state index in [0.717, 1.165) is 4.90 Å². The van der Waals surface area contributed by atoms with E-state index < -0.39 is 43.4 Å². The number of imide groups is 1. The predicted molar refractivity (Wildman–Crippen MR) is 101 cm³/mol. The summed E-state index contributed by atoms with van der Waals surface area (Å²) >= 11 is 0. The summed E-state index contributed by atoms with van der Waals surface area (Å²) in [6, 6.07) is 3.88. The molecule has 1 atom stereocenters. The third kappa shape index (κ3) is 5.93. The number of phenolic OH excluding ortho intramolecular Hbond substituents is 1. The van der Waals surface area contributed by atoms with Crippen molar-refractivity contribution in [3.8, 4) is 5.75 Å². The van der Waals surface area contributed by atoms with Gasteiger partial charge in [0.05, 0.1) is 6.44 Å². The van der Waals surface area contributed by atoms with Crippen LogP contribution >= 0.6 is 0 Å². The topological polar surface area (TPSA) is 160 Å². The van der Waals surface area contributed by atoms with Gasteiger partial charge in [-0.2, -0.15) is 0 Å². The van der Waals surface area contributed by atoms with Gasteiger partial charge in [0.1, 0.15) is 11.8 Å². The minimum absolute atomic E-state index is 0.00680. The fraction of sp³-hybridized carbons (Fsp3) is 0.412. The first-order chi connectivity index (χ1) is 13.7. The van der Waals surface area contributed by atoms with Crippen LogP contribution in [0.4, 0.5) is 4.79 Å². The summed E-state index contributed by atoms with van der Waals surface area (Å²) in [7, 11) is -1.77. The molecule has 0 aromatic heterocycles. The fourth-order valence-electron chi connectivity index (χ4n) is 2.79. The van der Waals surface area contributed by atoms with E-state index in [2.05, 4.69) is 10.6 Å². The lowest BCUT2D eigenvalue weighted by molar-refractivity contribution is -0.153. The van der Waals surface area contributed by atoms with E-state index in [9.17, 15) is 24.3 Å². The summed E-state index contributed by atoms with van der Waals surface area (Å²) in [4.78, 5) is 51.2. The molecule has 12 heteroatoms. The number of hydrogen-bond acceptors (Lipinski definition) is 7. The molecule has 11 nitrogen and oxygen atoms in total. The number of hydrogen-bond donors (Lipinski definition) is 5. The summed E-state index contributed by atoms with van der Waals surface area (Å²) in [5.74, 6) is -2.45. The Morgan fingerprint density at radius 3 is 2.38 bits per heavy atom. The smallest absolute Gasteiger partial charge is 0.472 e. The highest BCUT2D eigenvalue weighted by Crippen LogP contribution is 2.12. The highest BCUT2D eigenvalue weighted by Gasteiger charge is 2.36. The van der Waals surface area contributed by atoms with Gasteiger partial charge in [-0.3, -0.25) is 19.3 Å². The second-order valence-corrected chi connectivity index (χ2v) is 6.44. The molecule has 1 aliphatic rings. The number of aromatic hydroxyl groups is 1.